The van der Waals surface area contributed by atoms with Gasteiger partial charge in [-0.15, -0.1) is 10.2 Å². The molecule has 0 bridgehead atoms. The van der Waals surface area contributed by atoms with Gasteiger partial charge in [-0.3, -0.25) is 0 Å². The first-order chi connectivity index (χ1) is 11.1. The number of nitrogens with zero attached hydrogens (tertiary/aromatic N) is 2. The molecule has 23 heavy (non-hydrogen) atoms. The summed E-state index contributed by atoms with van der Waals surface area (Å²) in [5, 5.41) is 17.7. The number of benzene rings is 1. The van der Waals surface area contributed by atoms with Gasteiger partial charge in [-0.2, -0.15) is 0 Å². The fraction of sp³-hybridized carbons (Fsp3) is 0. The minimum Gasteiger partial charge on any atom is -0.477 e. The van der Waals surface area contributed by atoms with E-state index in [0.717, 1.165) is 11.8 Å². The maximum atomic E-state index is 11.3. The Morgan fingerprint density at radius 1 is 1.22 bits per heavy atom. The third-order valence-electron chi connectivity index (χ3n) is 2.72. The number of carboxylic acids is 1. The van der Waals surface area contributed by atoms with Crippen LogP contribution in [0, 0.1) is 0 Å². The standard InChI is InChI=1S/C15H9ClN2O4S/c16-10-5-3-9(4-6-10)13-17-18-15(22-13)23-12(14(19)20)8-11-2-1-7-21-11/h1-8H,(H,19,20)/b12-8-. The topological polar surface area (TPSA) is 89.4 Å². The molecule has 2 aromatic heterocycles. The van der Waals surface area contributed by atoms with E-state index in [2.05, 4.69) is 10.2 Å². The third-order valence-corrected chi connectivity index (χ3v) is 3.83. The van der Waals surface area contributed by atoms with E-state index in [1.807, 2.05) is 0 Å². The van der Waals surface area contributed by atoms with Crippen molar-refractivity contribution in [3.8, 4) is 11.5 Å². The normalized spacial score (nSPS) is 11.6. The predicted molar refractivity (Wildman–Crippen MR) is 84.9 cm³/mol. The monoisotopic (exact) mass is 348 g/mol. The molecule has 0 spiro atoms. The minimum absolute atomic E-state index is 0.00579. The number of halogens is 1. The van der Waals surface area contributed by atoms with E-state index in [-0.39, 0.29) is 16.0 Å². The van der Waals surface area contributed by atoms with Gasteiger partial charge in [-0.1, -0.05) is 11.6 Å². The second kappa shape index (κ2) is 6.72. The molecule has 116 valence electrons. The Labute approximate surface area is 139 Å². The molecule has 8 heteroatoms. The van der Waals surface area contributed by atoms with E-state index in [1.165, 1.54) is 12.3 Å². The molecule has 3 rings (SSSR count). The maximum absolute atomic E-state index is 11.3. The van der Waals surface area contributed by atoms with Crippen LogP contribution in [0.4, 0.5) is 0 Å². The van der Waals surface area contributed by atoms with E-state index in [9.17, 15) is 9.90 Å². The van der Waals surface area contributed by atoms with Gasteiger partial charge in [0.25, 0.3) is 5.22 Å². The molecule has 1 N–H and O–H groups in total. The molecule has 0 aliphatic carbocycles. The lowest BCUT2D eigenvalue weighted by Gasteiger charge is -1.97. The van der Waals surface area contributed by atoms with Crippen molar-refractivity contribution >= 4 is 35.4 Å². The summed E-state index contributed by atoms with van der Waals surface area (Å²) in [6.45, 7) is 0. The number of thioether (sulfide) groups is 1. The Hall–Kier alpha value is -2.51. The van der Waals surface area contributed by atoms with E-state index in [1.54, 1.807) is 36.4 Å². The zero-order valence-corrected chi connectivity index (χ0v) is 13.0. The molecule has 0 saturated heterocycles. The van der Waals surface area contributed by atoms with Gasteiger partial charge in [0.2, 0.25) is 5.89 Å². The number of hydrogen-bond donors (Lipinski definition) is 1. The van der Waals surface area contributed by atoms with Crippen molar-refractivity contribution in [3.05, 3.63) is 58.3 Å². The number of hydrogen-bond acceptors (Lipinski definition) is 6. The van der Waals surface area contributed by atoms with Gasteiger partial charge < -0.3 is 13.9 Å². The first-order valence-corrected chi connectivity index (χ1v) is 7.57. The Bertz CT molecular complexity index is 841. The number of aliphatic carboxylic acids is 1. The van der Waals surface area contributed by atoms with Gasteiger partial charge in [-0.25, -0.2) is 4.79 Å². The average molecular weight is 349 g/mol. The van der Waals surface area contributed by atoms with Crippen molar-refractivity contribution < 1.29 is 18.7 Å². The molecular weight excluding hydrogens is 340 g/mol. The molecule has 3 aromatic rings. The molecular formula is C15H9ClN2O4S. The van der Waals surface area contributed by atoms with E-state index in [0.29, 0.717) is 16.3 Å². The zero-order chi connectivity index (χ0) is 16.2. The molecule has 0 aliphatic rings. The van der Waals surface area contributed by atoms with Crippen molar-refractivity contribution in [1.82, 2.24) is 10.2 Å². The molecule has 0 aliphatic heterocycles. The number of carboxylic acid groups (broad SMARTS) is 1. The van der Waals surface area contributed by atoms with Crippen LogP contribution in [-0.2, 0) is 4.79 Å². The summed E-state index contributed by atoms with van der Waals surface area (Å²) < 4.78 is 10.6. The van der Waals surface area contributed by atoms with Gasteiger partial charge in [0.1, 0.15) is 10.7 Å². The lowest BCUT2D eigenvalue weighted by Crippen LogP contribution is -1.96. The second-order valence-corrected chi connectivity index (χ2v) is 5.74. The van der Waals surface area contributed by atoms with Crippen LogP contribution in [-0.4, -0.2) is 21.3 Å². The van der Waals surface area contributed by atoms with E-state index >= 15 is 0 Å². The van der Waals surface area contributed by atoms with Crippen molar-refractivity contribution in [1.29, 1.82) is 0 Å². The summed E-state index contributed by atoms with van der Waals surface area (Å²) >= 11 is 6.67. The second-order valence-electron chi connectivity index (χ2n) is 4.31. The van der Waals surface area contributed by atoms with Crippen LogP contribution in [0.15, 0.2) is 61.6 Å². The van der Waals surface area contributed by atoms with Gasteiger partial charge >= 0.3 is 5.97 Å². The fourth-order valence-electron chi connectivity index (χ4n) is 1.69. The summed E-state index contributed by atoms with van der Waals surface area (Å²) in [6.07, 6.45) is 2.85. The van der Waals surface area contributed by atoms with Gasteiger partial charge in [0.15, 0.2) is 0 Å². The predicted octanol–water partition coefficient (Wildman–Crippen LogP) is 4.20. The maximum Gasteiger partial charge on any atom is 0.342 e. The first-order valence-electron chi connectivity index (χ1n) is 6.37. The molecule has 1 aromatic carbocycles. The molecule has 0 amide bonds. The molecule has 2 heterocycles. The zero-order valence-electron chi connectivity index (χ0n) is 11.5. The number of aromatic nitrogens is 2. The van der Waals surface area contributed by atoms with Crippen LogP contribution < -0.4 is 0 Å². The number of rotatable bonds is 5. The Kier molecular flexibility index (Phi) is 4.50. The van der Waals surface area contributed by atoms with E-state index in [4.69, 9.17) is 20.4 Å². The van der Waals surface area contributed by atoms with Crippen molar-refractivity contribution in [3.63, 3.8) is 0 Å². The SMILES string of the molecule is O=C(O)/C(=C/c1ccco1)Sc1nnc(-c2ccc(Cl)cc2)o1. The summed E-state index contributed by atoms with van der Waals surface area (Å²) in [5.74, 6) is -0.406. The summed E-state index contributed by atoms with van der Waals surface area (Å²) in [5.41, 5.74) is 0.695. The molecule has 0 unspecified atom stereocenters. The van der Waals surface area contributed by atoms with Crippen molar-refractivity contribution in [2.75, 3.05) is 0 Å². The largest absolute Gasteiger partial charge is 0.477 e. The Morgan fingerprint density at radius 3 is 2.65 bits per heavy atom. The lowest BCUT2D eigenvalue weighted by molar-refractivity contribution is -0.131. The van der Waals surface area contributed by atoms with Crippen LogP contribution in [0.5, 0.6) is 0 Å². The molecule has 0 radical (unpaired) electrons. The highest BCUT2D eigenvalue weighted by Gasteiger charge is 2.16. The summed E-state index contributed by atoms with van der Waals surface area (Å²) in [4.78, 5) is 11.3. The molecule has 0 saturated carbocycles. The van der Waals surface area contributed by atoms with Crippen LogP contribution >= 0.6 is 23.4 Å². The van der Waals surface area contributed by atoms with Crippen LogP contribution in [0.2, 0.25) is 5.02 Å². The van der Waals surface area contributed by atoms with Crippen LogP contribution in [0.25, 0.3) is 17.5 Å². The number of furan rings is 1. The lowest BCUT2D eigenvalue weighted by atomic mass is 10.2. The smallest absolute Gasteiger partial charge is 0.342 e. The average Bonchev–Trinajstić information content (AvgIpc) is 3.19. The highest BCUT2D eigenvalue weighted by molar-refractivity contribution is 8.03. The van der Waals surface area contributed by atoms with Crippen LogP contribution in [0.1, 0.15) is 5.76 Å². The van der Waals surface area contributed by atoms with Crippen LogP contribution in [0.3, 0.4) is 0 Å². The van der Waals surface area contributed by atoms with Gasteiger partial charge in [-0.05, 0) is 48.2 Å². The highest BCUT2D eigenvalue weighted by Crippen LogP contribution is 2.30. The van der Waals surface area contributed by atoms with E-state index < -0.39 is 5.97 Å². The van der Waals surface area contributed by atoms with Gasteiger partial charge in [0, 0.05) is 16.7 Å². The Morgan fingerprint density at radius 2 is 2.00 bits per heavy atom. The number of carbonyl (C=O) groups is 1. The minimum atomic E-state index is -1.11. The molecule has 0 atom stereocenters. The van der Waals surface area contributed by atoms with Crippen molar-refractivity contribution in [2.24, 2.45) is 0 Å². The molecule has 6 nitrogen and oxygen atoms in total. The quantitative estimate of drug-likeness (QED) is 0.545. The third kappa shape index (κ3) is 3.82. The molecule has 0 fully saturated rings. The van der Waals surface area contributed by atoms with Gasteiger partial charge in [0.05, 0.1) is 6.26 Å². The first kappa shape index (κ1) is 15.4. The summed E-state index contributed by atoms with van der Waals surface area (Å²) in [7, 11) is 0. The summed E-state index contributed by atoms with van der Waals surface area (Å²) in [6, 6.07) is 10.2. The van der Waals surface area contributed by atoms with Crippen molar-refractivity contribution in [2.45, 2.75) is 5.22 Å². The highest BCUT2D eigenvalue weighted by atomic mass is 35.5. The fourth-order valence-corrected chi connectivity index (χ4v) is 2.47. The Balaban J connectivity index is 1.82.